The lowest BCUT2D eigenvalue weighted by Crippen LogP contribution is -2.11. The molecule has 0 aromatic heterocycles. The number of hydrogen-bond donors (Lipinski definition) is 1. The van der Waals surface area contributed by atoms with Crippen LogP contribution in [0, 0.1) is 0 Å². The van der Waals surface area contributed by atoms with E-state index in [2.05, 4.69) is 30.3 Å². The standard InChI is InChI=1S/C17H17NO2/c18-9-8-17(19)20-11-13-5-3-7-15-14-6-2-1-4-12(14)10-16(13)15/h1-7H,8-11,18H2. The van der Waals surface area contributed by atoms with Crippen LogP contribution in [0.4, 0.5) is 0 Å². The molecule has 3 nitrogen and oxygen atoms in total. The summed E-state index contributed by atoms with van der Waals surface area (Å²) in [5.41, 5.74) is 11.6. The van der Waals surface area contributed by atoms with Crippen molar-refractivity contribution in [2.24, 2.45) is 5.73 Å². The maximum Gasteiger partial charge on any atom is 0.307 e. The molecule has 0 heterocycles. The molecule has 1 aliphatic rings. The number of esters is 1. The van der Waals surface area contributed by atoms with Crippen molar-refractivity contribution in [3.8, 4) is 11.1 Å². The second kappa shape index (κ2) is 5.47. The van der Waals surface area contributed by atoms with E-state index >= 15 is 0 Å². The van der Waals surface area contributed by atoms with E-state index in [0.29, 0.717) is 13.2 Å². The molecule has 0 saturated carbocycles. The van der Waals surface area contributed by atoms with Gasteiger partial charge in [-0.05, 0) is 34.2 Å². The van der Waals surface area contributed by atoms with E-state index in [1.54, 1.807) is 0 Å². The molecule has 1 aliphatic carbocycles. The zero-order chi connectivity index (χ0) is 13.9. The fourth-order valence-corrected chi connectivity index (χ4v) is 2.71. The minimum absolute atomic E-state index is 0.236. The molecule has 0 saturated heterocycles. The molecule has 0 atom stereocenters. The second-order valence-electron chi connectivity index (χ2n) is 4.98. The molecule has 2 N–H and O–H groups in total. The molecule has 20 heavy (non-hydrogen) atoms. The first-order chi connectivity index (χ1) is 9.79. The van der Waals surface area contributed by atoms with Crippen molar-refractivity contribution in [1.29, 1.82) is 0 Å². The number of fused-ring (bicyclic) bond motifs is 3. The highest BCUT2D eigenvalue weighted by Crippen LogP contribution is 2.38. The molecule has 0 unspecified atom stereocenters. The van der Waals surface area contributed by atoms with Gasteiger partial charge in [-0.3, -0.25) is 4.79 Å². The Morgan fingerprint density at radius 3 is 2.75 bits per heavy atom. The maximum absolute atomic E-state index is 11.4. The average molecular weight is 267 g/mol. The molecule has 3 heteroatoms. The van der Waals surface area contributed by atoms with Crippen LogP contribution in [-0.4, -0.2) is 12.5 Å². The Morgan fingerprint density at radius 1 is 1.10 bits per heavy atom. The Bertz CT molecular complexity index is 649. The van der Waals surface area contributed by atoms with Gasteiger partial charge in [0.1, 0.15) is 6.61 Å². The van der Waals surface area contributed by atoms with Gasteiger partial charge in [-0.2, -0.15) is 0 Å². The molecule has 0 fully saturated rings. The molecule has 0 amide bonds. The smallest absolute Gasteiger partial charge is 0.307 e. The van der Waals surface area contributed by atoms with Gasteiger partial charge in [0, 0.05) is 6.54 Å². The van der Waals surface area contributed by atoms with Crippen LogP contribution in [0.5, 0.6) is 0 Å². The van der Waals surface area contributed by atoms with Crippen LogP contribution in [-0.2, 0) is 22.6 Å². The summed E-state index contributed by atoms with van der Waals surface area (Å²) in [6, 6.07) is 14.6. The number of rotatable bonds is 4. The maximum atomic E-state index is 11.4. The van der Waals surface area contributed by atoms with Gasteiger partial charge in [-0.15, -0.1) is 0 Å². The zero-order valence-electron chi connectivity index (χ0n) is 11.3. The average Bonchev–Trinajstić information content (AvgIpc) is 2.84. The van der Waals surface area contributed by atoms with Crippen LogP contribution < -0.4 is 5.73 Å². The van der Waals surface area contributed by atoms with Crippen molar-refractivity contribution in [2.45, 2.75) is 19.4 Å². The van der Waals surface area contributed by atoms with Gasteiger partial charge in [0.05, 0.1) is 6.42 Å². The van der Waals surface area contributed by atoms with E-state index in [1.165, 1.54) is 22.3 Å². The predicted molar refractivity (Wildman–Crippen MR) is 78.2 cm³/mol. The lowest BCUT2D eigenvalue weighted by atomic mass is 10.0. The minimum atomic E-state index is -0.236. The molecule has 102 valence electrons. The van der Waals surface area contributed by atoms with Crippen LogP contribution in [0.25, 0.3) is 11.1 Å². The van der Waals surface area contributed by atoms with Gasteiger partial charge >= 0.3 is 5.97 Å². The Kier molecular flexibility index (Phi) is 3.52. The fourth-order valence-electron chi connectivity index (χ4n) is 2.71. The third-order valence-corrected chi connectivity index (χ3v) is 3.68. The molecule has 0 spiro atoms. The molecule has 3 rings (SSSR count). The van der Waals surface area contributed by atoms with Crippen LogP contribution in [0.15, 0.2) is 42.5 Å². The third-order valence-electron chi connectivity index (χ3n) is 3.68. The number of carbonyl (C=O) groups excluding carboxylic acids is 1. The van der Waals surface area contributed by atoms with Crippen LogP contribution >= 0.6 is 0 Å². The normalized spacial score (nSPS) is 11.8. The van der Waals surface area contributed by atoms with Crippen molar-refractivity contribution < 1.29 is 9.53 Å². The quantitative estimate of drug-likeness (QED) is 0.739. The van der Waals surface area contributed by atoms with Gasteiger partial charge in [-0.25, -0.2) is 0 Å². The molecule has 0 radical (unpaired) electrons. The van der Waals surface area contributed by atoms with Gasteiger partial charge in [0.2, 0.25) is 0 Å². The van der Waals surface area contributed by atoms with Gasteiger partial charge in [-0.1, -0.05) is 42.5 Å². The molecule has 0 bridgehead atoms. The van der Waals surface area contributed by atoms with E-state index < -0.39 is 0 Å². The van der Waals surface area contributed by atoms with Crippen LogP contribution in [0.2, 0.25) is 0 Å². The lowest BCUT2D eigenvalue weighted by Gasteiger charge is -2.09. The first kappa shape index (κ1) is 12.9. The summed E-state index contributed by atoms with van der Waals surface area (Å²) in [4.78, 5) is 11.4. The number of ether oxygens (including phenoxy) is 1. The summed E-state index contributed by atoms with van der Waals surface area (Å²) in [5, 5.41) is 0. The van der Waals surface area contributed by atoms with E-state index in [1.807, 2.05) is 12.1 Å². The summed E-state index contributed by atoms with van der Waals surface area (Å²) < 4.78 is 5.27. The number of hydrogen-bond acceptors (Lipinski definition) is 3. The highest BCUT2D eigenvalue weighted by molar-refractivity contribution is 5.78. The summed E-state index contributed by atoms with van der Waals surface area (Å²) in [7, 11) is 0. The zero-order valence-corrected chi connectivity index (χ0v) is 11.3. The minimum Gasteiger partial charge on any atom is -0.461 e. The van der Waals surface area contributed by atoms with Crippen LogP contribution in [0.1, 0.15) is 23.1 Å². The van der Waals surface area contributed by atoms with E-state index in [0.717, 1.165) is 12.0 Å². The molecule has 0 aliphatic heterocycles. The fraction of sp³-hybridized carbons (Fsp3) is 0.235. The third kappa shape index (κ3) is 2.32. The van der Waals surface area contributed by atoms with Crippen molar-refractivity contribution in [1.82, 2.24) is 0 Å². The van der Waals surface area contributed by atoms with Gasteiger partial charge < -0.3 is 10.5 Å². The van der Waals surface area contributed by atoms with E-state index in [-0.39, 0.29) is 12.4 Å². The Hall–Kier alpha value is -2.13. The van der Waals surface area contributed by atoms with Crippen molar-refractivity contribution in [3.05, 3.63) is 59.2 Å². The summed E-state index contributed by atoms with van der Waals surface area (Å²) >= 11 is 0. The summed E-state index contributed by atoms with van der Waals surface area (Å²) in [6.45, 7) is 0.660. The number of benzene rings is 2. The van der Waals surface area contributed by atoms with Crippen LogP contribution in [0.3, 0.4) is 0 Å². The monoisotopic (exact) mass is 267 g/mol. The largest absolute Gasteiger partial charge is 0.461 e. The first-order valence-electron chi connectivity index (χ1n) is 6.84. The number of nitrogens with two attached hydrogens (primary N) is 1. The predicted octanol–water partition coefficient (Wildman–Crippen LogP) is 2.65. The first-order valence-corrected chi connectivity index (χ1v) is 6.84. The number of carbonyl (C=O) groups is 1. The van der Waals surface area contributed by atoms with Crippen molar-refractivity contribution in [3.63, 3.8) is 0 Å². The summed E-state index contributed by atoms with van der Waals surface area (Å²) in [5.74, 6) is -0.236. The highest BCUT2D eigenvalue weighted by atomic mass is 16.5. The SMILES string of the molecule is NCCC(=O)OCc1cccc2c1Cc1ccccc1-2. The topological polar surface area (TPSA) is 52.3 Å². The van der Waals surface area contributed by atoms with Crippen molar-refractivity contribution in [2.75, 3.05) is 6.54 Å². The lowest BCUT2D eigenvalue weighted by molar-refractivity contribution is -0.144. The molecule has 2 aromatic carbocycles. The summed E-state index contributed by atoms with van der Waals surface area (Å²) in [6.07, 6.45) is 1.19. The molecular weight excluding hydrogens is 250 g/mol. The Balaban J connectivity index is 1.84. The highest BCUT2D eigenvalue weighted by Gasteiger charge is 2.20. The van der Waals surface area contributed by atoms with E-state index in [4.69, 9.17) is 10.5 Å². The Labute approximate surface area is 118 Å². The van der Waals surface area contributed by atoms with Gasteiger partial charge in [0.15, 0.2) is 0 Å². The van der Waals surface area contributed by atoms with Crippen molar-refractivity contribution >= 4 is 5.97 Å². The molecule has 2 aromatic rings. The van der Waals surface area contributed by atoms with E-state index in [9.17, 15) is 4.79 Å². The van der Waals surface area contributed by atoms with Gasteiger partial charge in [0.25, 0.3) is 0 Å². The Morgan fingerprint density at radius 2 is 1.90 bits per heavy atom. The molecular formula is C17H17NO2. The second-order valence-corrected chi connectivity index (χ2v) is 4.98.